The molecule has 0 atom stereocenters. The van der Waals surface area contributed by atoms with E-state index in [4.69, 9.17) is 19.5 Å². The van der Waals surface area contributed by atoms with Gasteiger partial charge in [-0.25, -0.2) is 0 Å². The Morgan fingerprint density at radius 2 is 1.31 bits per heavy atom. The number of rotatable bonds is 5. The molecule has 0 saturated carbocycles. The summed E-state index contributed by atoms with van der Waals surface area (Å²) < 4.78 is 94.2. The van der Waals surface area contributed by atoms with Crippen LogP contribution in [0.15, 0.2) is 138 Å². The first-order valence-corrected chi connectivity index (χ1v) is 16.6. The van der Waals surface area contributed by atoms with E-state index < -0.39 is 32.3 Å². The Morgan fingerprint density at radius 3 is 1.96 bits per heavy atom. The molecule has 3 nitrogen and oxygen atoms in total. The van der Waals surface area contributed by atoms with Crippen molar-refractivity contribution in [3.8, 4) is 44.8 Å². The van der Waals surface area contributed by atoms with Gasteiger partial charge in [-0.2, -0.15) is 0 Å². The van der Waals surface area contributed by atoms with Crippen molar-refractivity contribution >= 4 is 21.9 Å². The first kappa shape index (κ1) is 24.9. The van der Waals surface area contributed by atoms with E-state index in [0.717, 1.165) is 11.1 Å². The zero-order valence-electron chi connectivity index (χ0n) is 39.8. The maximum absolute atomic E-state index is 8.39. The molecule has 0 aliphatic heterocycles. The molecule has 0 N–H and O–H groups in total. The number of aromatic nitrogens is 2. The van der Waals surface area contributed by atoms with E-state index >= 15 is 0 Å². The second-order valence-electron chi connectivity index (χ2n) is 13.2. The van der Waals surface area contributed by atoms with Gasteiger partial charge in [0.1, 0.15) is 5.58 Å². The number of pyridine rings is 2. The zero-order valence-corrected chi connectivity index (χ0v) is 31.2. The summed E-state index contributed by atoms with van der Waals surface area (Å²) in [6, 6.07) is 41.9. The molecular weight excluding hydrogens is 813 g/mol. The van der Waals surface area contributed by atoms with E-state index in [2.05, 4.69) is 22.1 Å². The van der Waals surface area contributed by atoms with E-state index in [1.807, 2.05) is 99.6 Å². The molecule has 4 heteroatoms. The van der Waals surface area contributed by atoms with Gasteiger partial charge in [-0.15, -0.1) is 47.0 Å². The zero-order chi connectivity index (χ0) is 44.8. The number of furan rings is 1. The number of para-hydroxylation sites is 1. The molecule has 5 aromatic carbocycles. The summed E-state index contributed by atoms with van der Waals surface area (Å²) in [6.07, 6.45) is 1.38. The standard InChI is InChI=1S/C25H18NO.C23H24N.Ir/c1-16-12-13-19(25-24(16)20-10-6-7-11-23(20)27-25)22-14-21(17(2)15-26-22)18-8-4-3-5-9-18;1-17-10-12-20(14-21(17)19-8-6-5-7-9-19)22-13-11-18(16-24-22)15-23(2,3)4;/h3-12,14-15H,1-2H3;5-11,13-14,16H,15H2,1-4H3;/q2*-1;/i1D3,2D3;1D3,15D2;. The number of hydrogen-bond acceptors (Lipinski definition) is 3. The number of aryl methyl sites for hydroxylation is 3. The summed E-state index contributed by atoms with van der Waals surface area (Å²) in [5, 5.41) is 1.18. The van der Waals surface area contributed by atoms with Gasteiger partial charge in [0.05, 0.1) is 5.58 Å². The Balaban J connectivity index is 0.000000208. The second kappa shape index (κ2) is 15.6. The van der Waals surface area contributed by atoms with Gasteiger partial charge in [-0.05, 0) is 63.9 Å². The summed E-state index contributed by atoms with van der Waals surface area (Å²) in [5.41, 5.74) is 6.30. The van der Waals surface area contributed by atoms with Crippen molar-refractivity contribution in [2.45, 2.75) is 47.7 Å². The average molecular weight is 866 g/mol. The second-order valence-corrected chi connectivity index (χ2v) is 13.2. The van der Waals surface area contributed by atoms with Crippen molar-refractivity contribution in [3.05, 3.63) is 168 Å². The molecule has 1 radical (unpaired) electrons. The van der Waals surface area contributed by atoms with Crippen molar-refractivity contribution in [1.82, 2.24) is 9.97 Å². The van der Waals surface area contributed by atoms with Gasteiger partial charge in [-0.1, -0.05) is 148 Å². The summed E-state index contributed by atoms with van der Waals surface area (Å²) >= 11 is 0. The molecule has 0 amide bonds. The van der Waals surface area contributed by atoms with E-state index in [1.54, 1.807) is 36.5 Å². The van der Waals surface area contributed by atoms with Gasteiger partial charge in [0, 0.05) is 53.0 Å². The van der Waals surface area contributed by atoms with Crippen molar-refractivity contribution < 1.29 is 39.6 Å². The molecule has 0 spiro atoms. The smallest absolute Gasteiger partial charge is 0.120 e. The van der Waals surface area contributed by atoms with Gasteiger partial charge >= 0.3 is 0 Å². The molecule has 261 valence electrons. The molecular formula is C48H42IrN2O-2. The normalized spacial score (nSPS) is 15.3. The van der Waals surface area contributed by atoms with Crippen LogP contribution >= 0.6 is 0 Å². The Labute approximate surface area is 336 Å². The van der Waals surface area contributed by atoms with Gasteiger partial charge in [0.2, 0.25) is 0 Å². The SMILES string of the molecule is [2H]C([2H])([2H])c1c[c-]c(-c2ccc(C([2H])([2H])C(C)(C)C)cn2)cc1-c1ccccc1.[2H]C([2H])([2H])c1cnc(-c2[c-]cc(C([2H])([2H])[2H])c3c2oc2ccccc23)cc1-c1ccccc1.[Ir]. The first-order chi connectivity index (χ1) is 29.1. The van der Waals surface area contributed by atoms with E-state index in [-0.39, 0.29) is 36.8 Å². The van der Waals surface area contributed by atoms with Crippen LogP contribution in [0.2, 0.25) is 0 Å². The fraction of sp³-hybridized carbons (Fsp3) is 0.167. The molecule has 0 bridgehead atoms. The Bertz CT molecular complexity index is 2860. The van der Waals surface area contributed by atoms with Crippen molar-refractivity contribution in [2.75, 3.05) is 0 Å². The molecule has 3 aromatic heterocycles. The molecule has 0 unspecified atom stereocenters. The van der Waals surface area contributed by atoms with Gasteiger partial charge in [-0.3, -0.25) is 0 Å². The third-order valence-electron chi connectivity index (χ3n) is 8.29. The average Bonchev–Trinajstić information content (AvgIpc) is 3.62. The molecule has 0 fully saturated rings. The first-order valence-electron chi connectivity index (χ1n) is 22.1. The maximum atomic E-state index is 8.39. The topological polar surface area (TPSA) is 38.9 Å². The molecule has 8 aromatic rings. The number of benzene rings is 5. The number of fused-ring (bicyclic) bond motifs is 3. The summed E-state index contributed by atoms with van der Waals surface area (Å²) in [7, 11) is 0. The maximum Gasteiger partial charge on any atom is 0.120 e. The van der Waals surface area contributed by atoms with Crippen LogP contribution in [0, 0.1) is 38.1 Å². The summed E-state index contributed by atoms with van der Waals surface area (Å²) in [6.45, 7) is -1.38. The van der Waals surface area contributed by atoms with E-state index in [1.165, 1.54) is 18.3 Å². The van der Waals surface area contributed by atoms with Gasteiger partial charge in [0.15, 0.2) is 0 Å². The third-order valence-corrected chi connectivity index (χ3v) is 8.29. The molecule has 3 heterocycles. The van der Waals surface area contributed by atoms with Crippen LogP contribution in [0.3, 0.4) is 0 Å². The van der Waals surface area contributed by atoms with Crippen LogP contribution in [0.5, 0.6) is 0 Å². The predicted octanol–water partition coefficient (Wildman–Crippen LogP) is 12.8. The summed E-state index contributed by atoms with van der Waals surface area (Å²) in [4.78, 5) is 8.87. The number of nitrogens with zero attached hydrogens (tertiary/aromatic N) is 2. The van der Waals surface area contributed by atoms with Crippen LogP contribution in [-0.4, -0.2) is 9.97 Å². The van der Waals surface area contributed by atoms with Crippen LogP contribution in [0.4, 0.5) is 0 Å². The minimum atomic E-state index is -2.35. The van der Waals surface area contributed by atoms with Crippen LogP contribution in [-0.2, 0) is 26.5 Å². The van der Waals surface area contributed by atoms with Gasteiger partial charge in [0.25, 0.3) is 0 Å². The Morgan fingerprint density at radius 1 is 0.673 bits per heavy atom. The van der Waals surface area contributed by atoms with E-state index in [0.29, 0.717) is 61.1 Å². The summed E-state index contributed by atoms with van der Waals surface area (Å²) in [5.74, 6) is 0. The van der Waals surface area contributed by atoms with Crippen LogP contribution < -0.4 is 0 Å². The predicted molar refractivity (Wildman–Crippen MR) is 213 cm³/mol. The van der Waals surface area contributed by atoms with Gasteiger partial charge < -0.3 is 14.4 Å². The quantitative estimate of drug-likeness (QED) is 0.162. The molecule has 0 aliphatic carbocycles. The fourth-order valence-electron chi connectivity index (χ4n) is 5.97. The molecule has 52 heavy (non-hydrogen) atoms. The monoisotopic (exact) mass is 866 g/mol. The Hall–Kier alpha value is -5.15. The third kappa shape index (κ3) is 8.00. The largest absolute Gasteiger partial charge is 0.501 e. The van der Waals surface area contributed by atoms with Crippen molar-refractivity contribution in [3.63, 3.8) is 0 Å². The van der Waals surface area contributed by atoms with Crippen LogP contribution in [0.1, 0.15) is 58.1 Å². The number of hydrogen-bond donors (Lipinski definition) is 0. The minimum absolute atomic E-state index is 0. The minimum Gasteiger partial charge on any atom is -0.501 e. The molecule has 0 aliphatic rings. The van der Waals surface area contributed by atoms with E-state index in [9.17, 15) is 0 Å². The Kier molecular flexibility index (Phi) is 7.49. The fourth-order valence-corrected chi connectivity index (χ4v) is 5.97. The van der Waals surface area contributed by atoms with Crippen molar-refractivity contribution in [1.29, 1.82) is 0 Å². The molecule has 0 saturated heterocycles. The van der Waals surface area contributed by atoms with Crippen LogP contribution in [0.25, 0.3) is 66.7 Å². The molecule has 8 rings (SSSR count). The van der Waals surface area contributed by atoms with Crippen molar-refractivity contribution in [2.24, 2.45) is 5.41 Å².